The van der Waals surface area contributed by atoms with Crippen molar-refractivity contribution >= 4 is 5.91 Å². The molecule has 5 heteroatoms. The molecule has 3 aromatic rings. The van der Waals surface area contributed by atoms with Gasteiger partial charge in [0.15, 0.2) is 0 Å². The van der Waals surface area contributed by atoms with E-state index in [4.69, 9.17) is 4.74 Å². The van der Waals surface area contributed by atoms with Crippen molar-refractivity contribution in [2.75, 3.05) is 20.3 Å². The van der Waals surface area contributed by atoms with Crippen LogP contribution in [0.15, 0.2) is 66.9 Å². The Labute approximate surface area is 147 Å². The van der Waals surface area contributed by atoms with E-state index >= 15 is 0 Å². The normalized spacial score (nSPS) is 10.6. The summed E-state index contributed by atoms with van der Waals surface area (Å²) in [4.78, 5) is 12.6. The van der Waals surface area contributed by atoms with Crippen LogP contribution in [-0.2, 0) is 11.3 Å². The van der Waals surface area contributed by atoms with Gasteiger partial charge >= 0.3 is 0 Å². The largest absolute Gasteiger partial charge is 0.383 e. The van der Waals surface area contributed by atoms with E-state index in [0.29, 0.717) is 31.0 Å². The molecule has 1 N–H and O–H groups in total. The molecule has 1 amide bonds. The first-order valence-corrected chi connectivity index (χ1v) is 8.22. The zero-order valence-corrected chi connectivity index (χ0v) is 14.2. The summed E-state index contributed by atoms with van der Waals surface area (Å²) in [6, 6.07) is 19.8. The summed E-state index contributed by atoms with van der Waals surface area (Å²) in [5.41, 5.74) is 3.31. The van der Waals surface area contributed by atoms with Gasteiger partial charge in [-0.15, -0.1) is 0 Å². The number of nitrogens with zero attached hydrogens (tertiary/aromatic N) is 2. The van der Waals surface area contributed by atoms with Gasteiger partial charge in [-0.05, 0) is 5.56 Å². The number of rotatable bonds is 7. The van der Waals surface area contributed by atoms with Crippen LogP contribution in [0.5, 0.6) is 0 Å². The second kappa shape index (κ2) is 8.26. The van der Waals surface area contributed by atoms with E-state index in [-0.39, 0.29) is 5.91 Å². The monoisotopic (exact) mass is 335 g/mol. The highest BCUT2D eigenvalue weighted by molar-refractivity contribution is 5.99. The zero-order chi connectivity index (χ0) is 17.5. The van der Waals surface area contributed by atoms with Gasteiger partial charge in [-0.2, -0.15) is 5.10 Å². The van der Waals surface area contributed by atoms with E-state index in [0.717, 1.165) is 11.1 Å². The maximum atomic E-state index is 12.6. The number of ether oxygens (including phenoxy) is 1. The molecule has 128 valence electrons. The molecule has 1 heterocycles. The van der Waals surface area contributed by atoms with Crippen molar-refractivity contribution in [3.05, 3.63) is 78.0 Å². The first-order valence-electron chi connectivity index (χ1n) is 8.22. The standard InChI is InChI=1S/C20H21N3O2/c1-25-13-12-21-20(24)18-15-23(14-16-8-4-2-5-9-16)22-19(18)17-10-6-3-7-11-17/h2-11,15H,12-14H2,1H3,(H,21,24). The highest BCUT2D eigenvalue weighted by atomic mass is 16.5. The Hall–Kier alpha value is -2.92. The van der Waals surface area contributed by atoms with Crippen LogP contribution in [0.25, 0.3) is 11.3 Å². The number of carbonyl (C=O) groups excluding carboxylic acids is 1. The van der Waals surface area contributed by atoms with Crippen LogP contribution in [0.1, 0.15) is 15.9 Å². The van der Waals surface area contributed by atoms with Crippen molar-refractivity contribution in [3.63, 3.8) is 0 Å². The molecule has 1 aromatic heterocycles. The maximum absolute atomic E-state index is 12.6. The SMILES string of the molecule is COCCNC(=O)c1cn(Cc2ccccc2)nc1-c1ccccc1. The summed E-state index contributed by atoms with van der Waals surface area (Å²) in [5.74, 6) is -0.143. The van der Waals surface area contributed by atoms with Crippen LogP contribution in [0.2, 0.25) is 0 Å². The summed E-state index contributed by atoms with van der Waals surface area (Å²) in [7, 11) is 1.61. The number of carbonyl (C=O) groups is 1. The van der Waals surface area contributed by atoms with Crippen molar-refractivity contribution in [2.45, 2.75) is 6.54 Å². The molecule has 3 rings (SSSR count). The molecule has 25 heavy (non-hydrogen) atoms. The molecule has 0 aliphatic rings. The summed E-state index contributed by atoms with van der Waals surface area (Å²) in [6.07, 6.45) is 1.80. The second-order valence-electron chi connectivity index (χ2n) is 5.69. The highest BCUT2D eigenvalue weighted by Crippen LogP contribution is 2.22. The Morgan fingerprint density at radius 2 is 1.76 bits per heavy atom. The van der Waals surface area contributed by atoms with Crippen molar-refractivity contribution in [1.29, 1.82) is 0 Å². The van der Waals surface area contributed by atoms with E-state index in [1.165, 1.54) is 0 Å². The van der Waals surface area contributed by atoms with Crippen LogP contribution >= 0.6 is 0 Å². The predicted octanol–water partition coefficient (Wildman–Crippen LogP) is 2.97. The van der Waals surface area contributed by atoms with Gasteiger partial charge in [-0.1, -0.05) is 60.7 Å². The van der Waals surface area contributed by atoms with Gasteiger partial charge in [-0.3, -0.25) is 9.48 Å². The quantitative estimate of drug-likeness (QED) is 0.675. The van der Waals surface area contributed by atoms with Crippen molar-refractivity contribution in [2.24, 2.45) is 0 Å². The molecule has 0 atom stereocenters. The lowest BCUT2D eigenvalue weighted by molar-refractivity contribution is 0.0937. The first kappa shape index (κ1) is 16.9. The fraction of sp³-hybridized carbons (Fsp3) is 0.200. The molecule has 0 radical (unpaired) electrons. The number of hydrogen-bond acceptors (Lipinski definition) is 3. The molecular weight excluding hydrogens is 314 g/mol. The maximum Gasteiger partial charge on any atom is 0.255 e. The van der Waals surface area contributed by atoms with E-state index < -0.39 is 0 Å². The zero-order valence-electron chi connectivity index (χ0n) is 14.2. The Bertz CT molecular complexity index is 813. The lowest BCUT2D eigenvalue weighted by Gasteiger charge is -2.04. The third-order valence-electron chi connectivity index (χ3n) is 3.83. The summed E-state index contributed by atoms with van der Waals surface area (Å²) < 4.78 is 6.80. The highest BCUT2D eigenvalue weighted by Gasteiger charge is 2.17. The number of benzene rings is 2. The topological polar surface area (TPSA) is 56.1 Å². The van der Waals surface area contributed by atoms with Crippen LogP contribution in [-0.4, -0.2) is 35.9 Å². The van der Waals surface area contributed by atoms with E-state index in [1.807, 2.05) is 65.3 Å². The summed E-state index contributed by atoms with van der Waals surface area (Å²) in [5, 5.41) is 7.52. The fourth-order valence-corrected chi connectivity index (χ4v) is 2.61. The summed E-state index contributed by atoms with van der Waals surface area (Å²) >= 11 is 0. The Kier molecular flexibility index (Phi) is 5.59. The summed E-state index contributed by atoms with van der Waals surface area (Å²) in [6.45, 7) is 1.56. The van der Waals surface area contributed by atoms with Crippen molar-refractivity contribution in [1.82, 2.24) is 15.1 Å². The Morgan fingerprint density at radius 1 is 1.08 bits per heavy atom. The number of nitrogens with one attached hydrogen (secondary N) is 1. The molecule has 0 bridgehead atoms. The molecule has 2 aromatic carbocycles. The molecule has 5 nitrogen and oxygen atoms in total. The van der Waals surface area contributed by atoms with E-state index in [9.17, 15) is 4.79 Å². The van der Waals surface area contributed by atoms with Gasteiger partial charge in [0.2, 0.25) is 0 Å². The van der Waals surface area contributed by atoms with Gasteiger partial charge in [0, 0.05) is 25.4 Å². The smallest absolute Gasteiger partial charge is 0.255 e. The van der Waals surface area contributed by atoms with Crippen LogP contribution in [0.4, 0.5) is 0 Å². The Morgan fingerprint density at radius 3 is 2.44 bits per heavy atom. The third-order valence-corrected chi connectivity index (χ3v) is 3.83. The lowest BCUT2D eigenvalue weighted by atomic mass is 10.1. The van der Waals surface area contributed by atoms with Crippen LogP contribution in [0.3, 0.4) is 0 Å². The average molecular weight is 335 g/mol. The number of aromatic nitrogens is 2. The van der Waals surface area contributed by atoms with Gasteiger partial charge in [0.1, 0.15) is 5.69 Å². The first-order chi connectivity index (χ1) is 12.3. The number of amides is 1. The molecule has 0 spiro atoms. The lowest BCUT2D eigenvalue weighted by Crippen LogP contribution is -2.27. The van der Waals surface area contributed by atoms with Crippen molar-refractivity contribution in [3.8, 4) is 11.3 Å². The van der Waals surface area contributed by atoms with Gasteiger partial charge < -0.3 is 10.1 Å². The minimum atomic E-state index is -0.143. The van der Waals surface area contributed by atoms with Crippen LogP contribution < -0.4 is 5.32 Å². The molecule has 0 saturated heterocycles. The third kappa shape index (κ3) is 4.33. The number of hydrogen-bond donors (Lipinski definition) is 1. The second-order valence-corrected chi connectivity index (χ2v) is 5.69. The minimum Gasteiger partial charge on any atom is -0.383 e. The molecule has 0 fully saturated rings. The van der Waals surface area contributed by atoms with Gasteiger partial charge in [-0.25, -0.2) is 0 Å². The average Bonchev–Trinajstić information content (AvgIpc) is 3.07. The molecule has 0 aliphatic heterocycles. The molecular formula is C20H21N3O2. The molecule has 0 aliphatic carbocycles. The molecule has 0 saturated carbocycles. The fourth-order valence-electron chi connectivity index (χ4n) is 2.61. The van der Waals surface area contributed by atoms with E-state index in [1.54, 1.807) is 13.3 Å². The number of methoxy groups -OCH3 is 1. The predicted molar refractivity (Wildman–Crippen MR) is 97.4 cm³/mol. The molecule has 0 unspecified atom stereocenters. The van der Waals surface area contributed by atoms with E-state index in [2.05, 4.69) is 10.4 Å². The van der Waals surface area contributed by atoms with Gasteiger partial charge in [0.25, 0.3) is 5.91 Å². The van der Waals surface area contributed by atoms with Crippen LogP contribution in [0, 0.1) is 0 Å². The van der Waals surface area contributed by atoms with Gasteiger partial charge in [0.05, 0.1) is 18.7 Å². The van der Waals surface area contributed by atoms with Crippen molar-refractivity contribution < 1.29 is 9.53 Å². The minimum absolute atomic E-state index is 0.143. The Balaban J connectivity index is 1.90.